The van der Waals surface area contributed by atoms with Gasteiger partial charge in [-0.2, -0.15) is 5.10 Å². The van der Waals surface area contributed by atoms with E-state index >= 15 is 0 Å². The fourth-order valence-corrected chi connectivity index (χ4v) is 1.58. The minimum Gasteiger partial charge on any atom is -0.330 e. The van der Waals surface area contributed by atoms with Crippen LogP contribution in [0, 0.1) is 6.92 Å². The first-order valence-corrected chi connectivity index (χ1v) is 4.90. The molecule has 4 nitrogen and oxygen atoms in total. The number of rotatable bonds is 2. The average molecular weight is 203 g/mol. The SMILES string of the molecule is Cc1ccc2[nH]nc(CCN)c(=O)c2c1. The van der Waals surface area contributed by atoms with E-state index in [0.29, 0.717) is 24.0 Å². The number of aromatic amines is 1. The quantitative estimate of drug-likeness (QED) is 0.756. The van der Waals surface area contributed by atoms with Gasteiger partial charge in [-0.05, 0) is 25.6 Å². The van der Waals surface area contributed by atoms with Gasteiger partial charge in [-0.1, -0.05) is 11.6 Å². The predicted molar refractivity (Wildman–Crippen MR) is 59.9 cm³/mol. The van der Waals surface area contributed by atoms with Gasteiger partial charge in [-0.25, -0.2) is 0 Å². The van der Waals surface area contributed by atoms with Gasteiger partial charge in [0.05, 0.1) is 5.52 Å². The zero-order valence-electron chi connectivity index (χ0n) is 8.58. The van der Waals surface area contributed by atoms with Crippen LogP contribution >= 0.6 is 0 Å². The molecule has 0 aliphatic heterocycles. The first-order chi connectivity index (χ1) is 7.22. The van der Waals surface area contributed by atoms with Crippen molar-refractivity contribution in [3.05, 3.63) is 39.7 Å². The summed E-state index contributed by atoms with van der Waals surface area (Å²) in [5.74, 6) is 0. The summed E-state index contributed by atoms with van der Waals surface area (Å²) in [7, 11) is 0. The lowest BCUT2D eigenvalue weighted by molar-refractivity contribution is 0.870. The van der Waals surface area contributed by atoms with Crippen LogP contribution in [0.25, 0.3) is 10.9 Å². The molecule has 0 saturated heterocycles. The van der Waals surface area contributed by atoms with Crippen molar-refractivity contribution in [2.45, 2.75) is 13.3 Å². The predicted octanol–water partition coefficient (Wildman–Crippen LogP) is 0.733. The van der Waals surface area contributed by atoms with Gasteiger partial charge < -0.3 is 5.73 Å². The lowest BCUT2D eigenvalue weighted by Gasteiger charge is -2.01. The molecule has 0 spiro atoms. The van der Waals surface area contributed by atoms with Gasteiger partial charge in [0.15, 0.2) is 0 Å². The second-order valence-corrected chi connectivity index (χ2v) is 3.59. The molecule has 15 heavy (non-hydrogen) atoms. The number of hydrogen-bond donors (Lipinski definition) is 2. The van der Waals surface area contributed by atoms with Crippen LogP contribution < -0.4 is 11.2 Å². The fourth-order valence-electron chi connectivity index (χ4n) is 1.58. The summed E-state index contributed by atoms with van der Waals surface area (Å²) in [5.41, 5.74) is 7.74. The van der Waals surface area contributed by atoms with Gasteiger partial charge in [-0.15, -0.1) is 0 Å². The van der Waals surface area contributed by atoms with Crippen LogP contribution in [0.5, 0.6) is 0 Å². The highest BCUT2D eigenvalue weighted by Crippen LogP contribution is 2.08. The summed E-state index contributed by atoms with van der Waals surface area (Å²) < 4.78 is 0. The number of nitrogens with two attached hydrogens (primary N) is 1. The van der Waals surface area contributed by atoms with E-state index < -0.39 is 0 Å². The maximum atomic E-state index is 11.9. The summed E-state index contributed by atoms with van der Waals surface area (Å²) in [5, 5.41) is 7.56. The number of aromatic nitrogens is 2. The maximum absolute atomic E-state index is 11.9. The topological polar surface area (TPSA) is 71.8 Å². The van der Waals surface area contributed by atoms with E-state index in [0.717, 1.165) is 11.1 Å². The number of aryl methyl sites for hydroxylation is 1. The molecule has 0 aliphatic carbocycles. The first-order valence-electron chi connectivity index (χ1n) is 4.90. The second kappa shape index (κ2) is 3.82. The molecule has 0 bridgehead atoms. The zero-order chi connectivity index (χ0) is 10.8. The molecule has 1 aromatic heterocycles. The molecular weight excluding hydrogens is 190 g/mol. The van der Waals surface area contributed by atoms with E-state index in [4.69, 9.17) is 5.73 Å². The van der Waals surface area contributed by atoms with E-state index in [-0.39, 0.29) is 5.43 Å². The van der Waals surface area contributed by atoms with E-state index in [1.165, 1.54) is 0 Å². The van der Waals surface area contributed by atoms with Gasteiger partial charge in [-0.3, -0.25) is 9.89 Å². The van der Waals surface area contributed by atoms with Crippen molar-refractivity contribution in [2.24, 2.45) is 5.73 Å². The molecule has 0 amide bonds. The molecule has 2 aromatic rings. The van der Waals surface area contributed by atoms with Crippen molar-refractivity contribution < 1.29 is 0 Å². The number of fused-ring (bicyclic) bond motifs is 1. The Kier molecular flexibility index (Phi) is 2.51. The summed E-state index contributed by atoms with van der Waals surface area (Å²) >= 11 is 0. The van der Waals surface area contributed by atoms with Crippen LogP contribution in [0.2, 0.25) is 0 Å². The largest absolute Gasteiger partial charge is 0.330 e. The summed E-state index contributed by atoms with van der Waals surface area (Å²) in [6, 6.07) is 5.68. The molecule has 0 aliphatic rings. The molecule has 4 heteroatoms. The van der Waals surface area contributed by atoms with Crippen molar-refractivity contribution in [3.8, 4) is 0 Å². The van der Waals surface area contributed by atoms with Crippen LogP contribution in [-0.4, -0.2) is 16.7 Å². The zero-order valence-corrected chi connectivity index (χ0v) is 8.58. The Labute approximate surface area is 87.1 Å². The third kappa shape index (κ3) is 1.76. The molecule has 78 valence electrons. The Hall–Kier alpha value is -1.68. The molecule has 2 rings (SSSR count). The molecular formula is C11H13N3O. The van der Waals surface area contributed by atoms with Crippen molar-refractivity contribution in [2.75, 3.05) is 6.54 Å². The maximum Gasteiger partial charge on any atom is 0.211 e. The van der Waals surface area contributed by atoms with Crippen molar-refractivity contribution in [3.63, 3.8) is 0 Å². The normalized spacial score (nSPS) is 10.8. The highest BCUT2D eigenvalue weighted by atomic mass is 16.1. The van der Waals surface area contributed by atoms with Gasteiger partial charge in [0.25, 0.3) is 0 Å². The number of nitrogens with zero attached hydrogens (tertiary/aromatic N) is 1. The third-order valence-electron chi connectivity index (χ3n) is 2.37. The van der Waals surface area contributed by atoms with Gasteiger partial charge >= 0.3 is 0 Å². The standard InChI is InChI=1S/C11H13N3O/c1-7-2-3-9-8(6-7)11(15)10(4-5-12)14-13-9/h2-3,6H,4-5,12H2,1H3,(H,13,15). The number of H-pyrrole nitrogens is 1. The molecule has 0 unspecified atom stereocenters. The summed E-state index contributed by atoms with van der Waals surface area (Å²) in [6.07, 6.45) is 0.513. The second-order valence-electron chi connectivity index (χ2n) is 3.59. The Morgan fingerprint density at radius 3 is 3.00 bits per heavy atom. The molecule has 3 N–H and O–H groups in total. The van der Waals surface area contributed by atoms with Gasteiger partial charge in [0.1, 0.15) is 5.69 Å². The van der Waals surface area contributed by atoms with Crippen LogP contribution in [0.3, 0.4) is 0 Å². The van der Waals surface area contributed by atoms with E-state index in [9.17, 15) is 4.79 Å². The Morgan fingerprint density at radius 2 is 2.27 bits per heavy atom. The minimum absolute atomic E-state index is 0.0158. The highest BCUT2D eigenvalue weighted by molar-refractivity contribution is 5.78. The summed E-state index contributed by atoms with van der Waals surface area (Å²) in [6.45, 7) is 2.40. The molecule has 1 aromatic carbocycles. The lowest BCUT2D eigenvalue weighted by Crippen LogP contribution is -2.17. The highest BCUT2D eigenvalue weighted by Gasteiger charge is 2.05. The van der Waals surface area contributed by atoms with Crippen LogP contribution in [-0.2, 0) is 6.42 Å². The van der Waals surface area contributed by atoms with E-state index in [1.54, 1.807) is 0 Å². The lowest BCUT2D eigenvalue weighted by atomic mass is 10.1. The van der Waals surface area contributed by atoms with Crippen molar-refractivity contribution in [1.29, 1.82) is 0 Å². The monoisotopic (exact) mass is 203 g/mol. The third-order valence-corrected chi connectivity index (χ3v) is 2.37. The van der Waals surface area contributed by atoms with Crippen LogP contribution in [0.15, 0.2) is 23.0 Å². The Morgan fingerprint density at radius 1 is 1.47 bits per heavy atom. The molecule has 0 saturated carbocycles. The van der Waals surface area contributed by atoms with Crippen molar-refractivity contribution >= 4 is 10.9 Å². The number of benzene rings is 1. The molecule has 1 heterocycles. The average Bonchev–Trinajstić information content (AvgIpc) is 2.23. The molecule has 0 fully saturated rings. The van der Waals surface area contributed by atoms with Gasteiger partial charge in [0.2, 0.25) is 5.43 Å². The Balaban J connectivity index is 2.71. The van der Waals surface area contributed by atoms with Crippen LogP contribution in [0.1, 0.15) is 11.3 Å². The number of nitrogens with one attached hydrogen (secondary N) is 1. The summed E-state index contributed by atoms with van der Waals surface area (Å²) in [4.78, 5) is 11.9. The van der Waals surface area contributed by atoms with Crippen LogP contribution in [0.4, 0.5) is 0 Å². The van der Waals surface area contributed by atoms with Gasteiger partial charge in [0, 0.05) is 11.8 Å². The van der Waals surface area contributed by atoms with Crippen molar-refractivity contribution in [1.82, 2.24) is 10.2 Å². The van der Waals surface area contributed by atoms with E-state index in [1.807, 2.05) is 25.1 Å². The van der Waals surface area contributed by atoms with E-state index in [2.05, 4.69) is 10.2 Å². The molecule has 0 radical (unpaired) electrons. The minimum atomic E-state index is -0.0158. The first kappa shape index (κ1) is 9.86. The number of hydrogen-bond acceptors (Lipinski definition) is 3. The fraction of sp³-hybridized carbons (Fsp3) is 0.273. The molecule has 0 atom stereocenters. The Bertz CT molecular complexity index is 545. The smallest absolute Gasteiger partial charge is 0.211 e.